The number of allylic oxidation sites excluding steroid dienone is 4. The number of esters is 1. The lowest BCUT2D eigenvalue weighted by Crippen LogP contribution is -2.46. The fourth-order valence-corrected chi connectivity index (χ4v) is 6.22. The molecule has 258 valence electrons. The molecule has 13 heteroatoms. The van der Waals surface area contributed by atoms with Gasteiger partial charge < -0.3 is 40.0 Å². The number of hydrogen-bond acceptors (Lipinski definition) is 12. The summed E-state index contributed by atoms with van der Waals surface area (Å²) in [5, 5.41) is 46.6. The molecule has 0 fully saturated rings. The number of phenols is 1. The summed E-state index contributed by atoms with van der Waals surface area (Å²) in [6.45, 7) is 10.4. The summed E-state index contributed by atoms with van der Waals surface area (Å²) in [6.07, 6.45) is 3.96. The zero-order valence-corrected chi connectivity index (χ0v) is 27.7. The van der Waals surface area contributed by atoms with Crippen LogP contribution in [-0.4, -0.2) is 79.9 Å². The monoisotopic (exact) mass is 667 g/mol. The Morgan fingerprint density at radius 2 is 1.58 bits per heavy atom. The van der Waals surface area contributed by atoms with Crippen LogP contribution < -0.4 is 10.1 Å². The summed E-state index contributed by atoms with van der Waals surface area (Å²) in [4.78, 5) is 65.2. The fourth-order valence-electron chi connectivity index (χ4n) is 6.22. The number of benzene rings is 1. The van der Waals surface area contributed by atoms with Gasteiger partial charge in [-0.25, -0.2) is 0 Å². The van der Waals surface area contributed by atoms with E-state index < -0.39 is 106 Å². The molecule has 0 saturated carbocycles. The molecule has 0 aromatic heterocycles. The van der Waals surface area contributed by atoms with Crippen LogP contribution in [0.3, 0.4) is 0 Å². The first-order chi connectivity index (χ1) is 22.4. The van der Waals surface area contributed by atoms with Crippen molar-refractivity contribution >= 4 is 29.2 Å². The normalized spacial score (nSPS) is 34.8. The molecule has 48 heavy (non-hydrogen) atoms. The Balaban J connectivity index is 1.79. The van der Waals surface area contributed by atoms with Crippen molar-refractivity contribution in [2.45, 2.75) is 78.7 Å². The number of aliphatic hydroxyl groups is 3. The highest BCUT2D eigenvalue weighted by Crippen LogP contribution is 2.47. The molecular formula is C35H41NO12. The van der Waals surface area contributed by atoms with Crippen LogP contribution in [-0.2, 0) is 19.1 Å². The van der Waals surface area contributed by atoms with E-state index in [1.807, 2.05) is 0 Å². The Labute approximate surface area is 277 Å². The van der Waals surface area contributed by atoms with Crippen LogP contribution in [0.2, 0.25) is 0 Å². The number of Topliss-reactive ketones (excluding diaryl/α,β-unsaturated/α-hetero) is 2. The lowest BCUT2D eigenvalue weighted by Gasteiger charge is -2.37. The minimum Gasteiger partial charge on any atom is -0.507 e. The maximum atomic E-state index is 13.7. The van der Waals surface area contributed by atoms with Gasteiger partial charge in [-0.05, 0) is 13.0 Å². The van der Waals surface area contributed by atoms with Crippen LogP contribution in [0.25, 0.3) is 0 Å². The summed E-state index contributed by atoms with van der Waals surface area (Å²) in [5.74, 6) is -9.68. The van der Waals surface area contributed by atoms with Gasteiger partial charge >= 0.3 is 11.8 Å². The highest BCUT2D eigenvalue weighted by molar-refractivity contribution is 6.30. The summed E-state index contributed by atoms with van der Waals surface area (Å²) in [6, 6.07) is 0. The molecule has 5 N–H and O–H groups in total. The third kappa shape index (κ3) is 6.71. The number of ketones is 3. The molecule has 1 aliphatic carbocycles. The van der Waals surface area contributed by atoms with E-state index in [2.05, 4.69) is 5.32 Å². The molecule has 1 aromatic carbocycles. The Bertz CT molecular complexity index is 1650. The number of rotatable bonds is 1. The molecule has 0 saturated heterocycles. The van der Waals surface area contributed by atoms with Crippen LogP contribution >= 0.6 is 0 Å². The van der Waals surface area contributed by atoms with E-state index in [0.717, 1.165) is 18.4 Å². The highest BCUT2D eigenvalue weighted by atomic mass is 16.7. The van der Waals surface area contributed by atoms with Crippen LogP contribution in [0.15, 0.2) is 48.4 Å². The standard InChI is InChI=1S/C35H41NO12/c1-15-10-8-9-11-24(40)36-21-14-23(39)25-26(31(21)44)30(43)19(5)33-27(25)34(45)35(7,48-33)46-13-12-22(38)16(2)32(47-20(6)37)18(4)29(42)17(3)28(15)41/h8-18,22,28-29,32,38,41-43H,1-7H3,(H,36,40)/b10-8+,11-9-,13-12+/t15-,16+,17+,18+,22-,28-,29+,32+,35+/m0/s1. The Morgan fingerprint density at radius 3 is 2.23 bits per heavy atom. The van der Waals surface area contributed by atoms with Crippen molar-refractivity contribution in [2.75, 3.05) is 0 Å². The third-order valence-corrected chi connectivity index (χ3v) is 9.22. The van der Waals surface area contributed by atoms with Crippen LogP contribution in [0, 0.1) is 30.6 Å². The van der Waals surface area contributed by atoms with Crippen molar-refractivity contribution in [3.63, 3.8) is 0 Å². The molecule has 0 radical (unpaired) electrons. The second-order valence-electron chi connectivity index (χ2n) is 12.7. The number of phenolic OH excluding ortho intramolecular Hbond substituents is 1. The van der Waals surface area contributed by atoms with Crippen molar-refractivity contribution in [3.8, 4) is 11.5 Å². The molecule has 13 nitrogen and oxygen atoms in total. The summed E-state index contributed by atoms with van der Waals surface area (Å²) >= 11 is 0. The zero-order valence-electron chi connectivity index (χ0n) is 27.7. The molecule has 1 amide bonds. The Hall–Kier alpha value is -4.59. The largest absolute Gasteiger partial charge is 0.507 e. The molecule has 4 aliphatic rings. The van der Waals surface area contributed by atoms with E-state index in [9.17, 15) is 44.4 Å². The maximum Gasteiger partial charge on any atom is 0.312 e. The number of hydrogen-bond donors (Lipinski definition) is 5. The first-order valence-corrected chi connectivity index (χ1v) is 15.6. The smallest absolute Gasteiger partial charge is 0.312 e. The summed E-state index contributed by atoms with van der Waals surface area (Å²) in [5.41, 5.74) is -1.60. The topological polar surface area (TPSA) is 206 Å². The Kier molecular flexibility index (Phi) is 10.5. The van der Waals surface area contributed by atoms with Gasteiger partial charge in [-0.15, -0.1) is 0 Å². The molecule has 9 atom stereocenters. The van der Waals surface area contributed by atoms with Gasteiger partial charge in [0.2, 0.25) is 11.7 Å². The fraction of sp³-hybridized carbons (Fsp3) is 0.457. The minimum atomic E-state index is -2.08. The molecular weight excluding hydrogens is 626 g/mol. The highest BCUT2D eigenvalue weighted by Gasteiger charge is 2.51. The van der Waals surface area contributed by atoms with Crippen LogP contribution in [0.1, 0.15) is 78.2 Å². The van der Waals surface area contributed by atoms with Gasteiger partial charge in [0.1, 0.15) is 17.6 Å². The minimum absolute atomic E-state index is 0.0198. The second-order valence-corrected chi connectivity index (χ2v) is 12.7. The molecule has 3 heterocycles. The van der Waals surface area contributed by atoms with Gasteiger partial charge in [0.05, 0.1) is 47.0 Å². The molecule has 1 aromatic rings. The number of amides is 1. The first kappa shape index (κ1) is 36.2. The lowest BCUT2D eigenvalue weighted by atomic mass is 9.78. The number of fused-ring (bicyclic) bond motifs is 14. The number of nitrogens with one attached hydrogen (secondary N) is 1. The molecule has 0 unspecified atom stereocenters. The molecule has 5 bridgehead atoms. The predicted octanol–water partition coefficient (Wildman–Crippen LogP) is 2.59. The average molecular weight is 668 g/mol. The second kappa shape index (κ2) is 13.9. The van der Waals surface area contributed by atoms with Crippen molar-refractivity contribution in [1.29, 1.82) is 0 Å². The van der Waals surface area contributed by atoms with Crippen molar-refractivity contribution in [3.05, 3.63) is 70.7 Å². The number of carbonyl (C=O) groups excluding carboxylic acids is 5. The van der Waals surface area contributed by atoms with E-state index in [1.54, 1.807) is 33.8 Å². The maximum absolute atomic E-state index is 13.7. The van der Waals surface area contributed by atoms with E-state index in [1.165, 1.54) is 39.0 Å². The van der Waals surface area contributed by atoms with Crippen LogP contribution in [0.4, 0.5) is 0 Å². The quantitative estimate of drug-likeness (QED) is 0.274. The number of aliphatic hydroxyl groups excluding tert-OH is 3. The third-order valence-electron chi connectivity index (χ3n) is 9.22. The number of aromatic hydroxyl groups is 1. The van der Waals surface area contributed by atoms with E-state index >= 15 is 0 Å². The van der Waals surface area contributed by atoms with Crippen LogP contribution in [0.5, 0.6) is 11.5 Å². The number of carbonyl (C=O) groups is 5. The Morgan fingerprint density at radius 1 is 0.917 bits per heavy atom. The van der Waals surface area contributed by atoms with Crippen molar-refractivity contribution in [2.24, 2.45) is 23.7 Å². The molecule has 3 aliphatic heterocycles. The van der Waals surface area contributed by atoms with E-state index in [-0.39, 0.29) is 16.9 Å². The number of ether oxygens (including phenoxy) is 3. The van der Waals surface area contributed by atoms with Gasteiger partial charge in [-0.1, -0.05) is 45.9 Å². The van der Waals surface area contributed by atoms with Crippen molar-refractivity contribution < 1.29 is 58.6 Å². The first-order valence-electron chi connectivity index (χ1n) is 15.6. The summed E-state index contributed by atoms with van der Waals surface area (Å²) < 4.78 is 17.0. The van der Waals surface area contributed by atoms with Gasteiger partial charge in [-0.2, -0.15) is 0 Å². The summed E-state index contributed by atoms with van der Waals surface area (Å²) in [7, 11) is 0. The van der Waals surface area contributed by atoms with E-state index in [0.29, 0.717) is 0 Å². The molecule has 5 rings (SSSR count). The molecule has 0 spiro atoms. The predicted molar refractivity (Wildman–Crippen MR) is 170 cm³/mol. The zero-order chi connectivity index (χ0) is 35.8. The van der Waals surface area contributed by atoms with Gasteiger partial charge in [0.25, 0.3) is 5.78 Å². The van der Waals surface area contributed by atoms with Crippen molar-refractivity contribution in [1.82, 2.24) is 5.32 Å². The van der Waals surface area contributed by atoms with Gasteiger partial charge in [-0.3, -0.25) is 24.0 Å². The van der Waals surface area contributed by atoms with Gasteiger partial charge in [0.15, 0.2) is 5.78 Å². The lowest BCUT2D eigenvalue weighted by molar-refractivity contribution is -0.159. The average Bonchev–Trinajstić information content (AvgIpc) is 3.29. The van der Waals surface area contributed by atoms with Gasteiger partial charge in [0, 0.05) is 55.2 Å². The SMILES string of the molecule is CC(=O)O[C@H]1[C@H](C)[C@H](O)[C@H](C)[C@@H](O)[C@@H](C)/C=C/C=C\C(=O)NC2=CC(=O)c3c(c(O)c(C)c4c3C(=O)[C@](C)(O/C=C/[C@H](O)[C@H]1C)O4)C2=O. The van der Waals surface area contributed by atoms with E-state index in [4.69, 9.17) is 14.2 Å².